The zero-order valence-corrected chi connectivity index (χ0v) is 15.4. The lowest BCUT2D eigenvalue weighted by Crippen LogP contribution is -2.55. The Hall–Kier alpha value is -3.22. The number of nitrogens with one attached hydrogen (secondary N) is 3. The molecule has 0 bridgehead atoms. The zero-order chi connectivity index (χ0) is 22.0. The van der Waals surface area contributed by atoms with Crippen molar-refractivity contribution in [3.05, 3.63) is 0 Å². The van der Waals surface area contributed by atoms with Crippen LogP contribution in [0.1, 0.15) is 26.7 Å². The van der Waals surface area contributed by atoms with E-state index < -0.39 is 73.1 Å². The Balaban J connectivity index is 4.87. The van der Waals surface area contributed by atoms with Crippen LogP contribution in [0.3, 0.4) is 0 Å². The molecule has 0 saturated carbocycles. The van der Waals surface area contributed by atoms with Crippen LogP contribution in [0, 0.1) is 5.92 Å². The van der Waals surface area contributed by atoms with Gasteiger partial charge in [0.15, 0.2) is 0 Å². The van der Waals surface area contributed by atoms with Crippen LogP contribution in [0.2, 0.25) is 0 Å². The highest BCUT2D eigenvalue weighted by Crippen LogP contribution is 2.01. The van der Waals surface area contributed by atoms with Crippen LogP contribution < -0.4 is 27.4 Å². The quantitative estimate of drug-likeness (QED) is 0.171. The van der Waals surface area contributed by atoms with Gasteiger partial charge in [-0.05, 0) is 5.92 Å². The zero-order valence-electron chi connectivity index (χ0n) is 15.4. The van der Waals surface area contributed by atoms with E-state index in [4.69, 9.17) is 21.7 Å². The number of carbonyl (C=O) groups is 6. The molecule has 13 heteroatoms. The average molecular weight is 403 g/mol. The predicted molar refractivity (Wildman–Crippen MR) is 93.4 cm³/mol. The third-order valence-corrected chi connectivity index (χ3v) is 3.49. The number of aliphatic carboxylic acids is 2. The lowest BCUT2D eigenvalue weighted by Gasteiger charge is -2.21. The topological polar surface area (TPSA) is 231 Å². The predicted octanol–water partition coefficient (Wildman–Crippen LogP) is -3.51. The van der Waals surface area contributed by atoms with Crippen molar-refractivity contribution in [2.24, 2.45) is 17.4 Å². The molecular formula is C15H25N5O8. The summed E-state index contributed by atoms with van der Waals surface area (Å²) in [4.78, 5) is 68.4. The number of carboxylic acids is 2. The van der Waals surface area contributed by atoms with Crippen molar-refractivity contribution < 1.29 is 39.0 Å². The van der Waals surface area contributed by atoms with Gasteiger partial charge in [0, 0.05) is 0 Å². The van der Waals surface area contributed by atoms with Gasteiger partial charge in [-0.15, -0.1) is 0 Å². The van der Waals surface area contributed by atoms with Gasteiger partial charge in [0.25, 0.3) is 0 Å². The number of nitrogens with two attached hydrogens (primary N) is 2. The molecule has 9 N–H and O–H groups in total. The maximum absolute atomic E-state index is 12.1. The van der Waals surface area contributed by atoms with Gasteiger partial charge < -0.3 is 37.6 Å². The molecule has 0 aromatic rings. The van der Waals surface area contributed by atoms with Gasteiger partial charge in [-0.2, -0.15) is 0 Å². The van der Waals surface area contributed by atoms with Crippen LogP contribution in [-0.4, -0.2) is 70.5 Å². The Morgan fingerprint density at radius 3 is 1.89 bits per heavy atom. The first-order valence-corrected chi connectivity index (χ1v) is 8.21. The monoisotopic (exact) mass is 403 g/mol. The molecule has 158 valence electrons. The van der Waals surface area contributed by atoms with Crippen LogP contribution in [-0.2, 0) is 28.8 Å². The smallest absolute Gasteiger partial charge is 0.326 e. The summed E-state index contributed by atoms with van der Waals surface area (Å²) >= 11 is 0. The van der Waals surface area contributed by atoms with Crippen molar-refractivity contribution >= 4 is 35.6 Å². The van der Waals surface area contributed by atoms with Crippen molar-refractivity contribution in [3.8, 4) is 0 Å². The second kappa shape index (κ2) is 11.5. The first-order valence-electron chi connectivity index (χ1n) is 8.21. The van der Waals surface area contributed by atoms with Crippen molar-refractivity contribution in [1.29, 1.82) is 0 Å². The second-order valence-corrected chi connectivity index (χ2v) is 6.28. The van der Waals surface area contributed by atoms with Crippen LogP contribution in [0.4, 0.5) is 0 Å². The van der Waals surface area contributed by atoms with Gasteiger partial charge in [0.2, 0.25) is 23.6 Å². The maximum atomic E-state index is 12.1. The molecule has 0 aromatic carbocycles. The summed E-state index contributed by atoms with van der Waals surface area (Å²) in [5, 5.41) is 24.0. The Labute approximate surface area is 160 Å². The average Bonchev–Trinajstić information content (AvgIpc) is 2.56. The molecule has 3 atom stereocenters. The van der Waals surface area contributed by atoms with E-state index in [2.05, 4.69) is 10.6 Å². The van der Waals surface area contributed by atoms with Crippen LogP contribution in [0.15, 0.2) is 0 Å². The number of carbonyl (C=O) groups excluding carboxylic acids is 4. The normalized spacial score (nSPS) is 13.7. The Morgan fingerprint density at radius 1 is 0.893 bits per heavy atom. The Bertz CT molecular complexity index is 636. The molecule has 13 nitrogen and oxygen atoms in total. The molecule has 0 fully saturated rings. The Kier molecular flexibility index (Phi) is 10.2. The summed E-state index contributed by atoms with van der Waals surface area (Å²) in [7, 11) is 0. The highest BCUT2D eigenvalue weighted by molar-refractivity contribution is 5.94. The molecule has 0 radical (unpaired) electrons. The van der Waals surface area contributed by atoms with Crippen molar-refractivity contribution in [3.63, 3.8) is 0 Å². The fourth-order valence-electron chi connectivity index (χ4n) is 1.89. The minimum absolute atomic E-state index is 0.266. The first kappa shape index (κ1) is 24.8. The third-order valence-electron chi connectivity index (χ3n) is 3.49. The molecule has 0 aromatic heterocycles. The number of primary amides is 1. The number of hydrogen-bond acceptors (Lipinski definition) is 7. The summed E-state index contributed by atoms with van der Waals surface area (Å²) in [5.74, 6) is -6.79. The van der Waals surface area contributed by atoms with Gasteiger partial charge >= 0.3 is 11.9 Å². The summed E-state index contributed by atoms with van der Waals surface area (Å²) in [6, 6.07) is -4.05. The Morgan fingerprint density at radius 2 is 1.46 bits per heavy atom. The fourth-order valence-corrected chi connectivity index (χ4v) is 1.89. The van der Waals surface area contributed by atoms with Gasteiger partial charge in [-0.1, -0.05) is 13.8 Å². The number of hydrogen-bond donors (Lipinski definition) is 7. The second-order valence-electron chi connectivity index (χ2n) is 6.28. The lowest BCUT2D eigenvalue weighted by atomic mass is 10.0. The molecule has 28 heavy (non-hydrogen) atoms. The molecule has 0 rings (SSSR count). The van der Waals surface area contributed by atoms with Gasteiger partial charge in [-0.3, -0.25) is 24.0 Å². The van der Waals surface area contributed by atoms with E-state index in [1.54, 1.807) is 13.8 Å². The highest BCUT2D eigenvalue weighted by atomic mass is 16.4. The molecule has 0 saturated heterocycles. The summed E-state index contributed by atoms with van der Waals surface area (Å²) in [6.07, 6.45) is -1.41. The van der Waals surface area contributed by atoms with E-state index in [1.165, 1.54) is 0 Å². The number of rotatable bonds is 12. The largest absolute Gasteiger partial charge is 0.481 e. The fraction of sp³-hybridized carbons (Fsp3) is 0.600. The molecular weight excluding hydrogens is 378 g/mol. The maximum Gasteiger partial charge on any atom is 0.326 e. The molecule has 0 spiro atoms. The summed E-state index contributed by atoms with van der Waals surface area (Å²) in [6.45, 7) is 2.60. The van der Waals surface area contributed by atoms with Crippen molar-refractivity contribution in [2.75, 3.05) is 6.54 Å². The van der Waals surface area contributed by atoms with E-state index in [-0.39, 0.29) is 5.92 Å². The number of amides is 4. The standard InChI is InChI=1S/C15H25N5O8/c1-6(2)12(17)14(26)20-7(4-11(23)24)13(25)18-5-10(22)19-8(15(27)28)3-9(16)21/h6-8,12H,3-5,17H2,1-2H3,(H2,16,21)(H,18,25)(H,19,22)(H,20,26)(H,23,24)(H,27,28). The van der Waals surface area contributed by atoms with E-state index >= 15 is 0 Å². The summed E-state index contributed by atoms with van der Waals surface area (Å²) < 4.78 is 0. The van der Waals surface area contributed by atoms with Gasteiger partial charge in [0.05, 0.1) is 25.4 Å². The minimum Gasteiger partial charge on any atom is -0.481 e. The molecule has 0 heterocycles. The highest BCUT2D eigenvalue weighted by Gasteiger charge is 2.28. The van der Waals surface area contributed by atoms with E-state index in [1.807, 2.05) is 5.32 Å². The molecule has 4 amide bonds. The van der Waals surface area contributed by atoms with Crippen molar-refractivity contribution in [2.45, 2.75) is 44.8 Å². The lowest BCUT2D eigenvalue weighted by molar-refractivity contribution is -0.143. The van der Waals surface area contributed by atoms with Crippen LogP contribution >= 0.6 is 0 Å². The minimum atomic E-state index is -1.58. The third kappa shape index (κ3) is 9.47. The molecule has 0 aliphatic carbocycles. The SMILES string of the molecule is CC(C)C(N)C(=O)NC(CC(=O)O)C(=O)NCC(=O)NC(CC(N)=O)C(=O)O. The summed E-state index contributed by atoms with van der Waals surface area (Å²) in [5.41, 5.74) is 10.5. The molecule has 3 unspecified atom stereocenters. The van der Waals surface area contributed by atoms with E-state index in [9.17, 15) is 28.8 Å². The van der Waals surface area contributed by atoms with Crippen molar-refractivity contribution in [1.82, 2.24) is 16.0 Å². The number of carboxylic acid groups (broad SMARTS) is 2. The van der Waals surface area contributed by atoms with E-state index in [0.717, 1.165) is 0 Å². The molecule has 0 aliphatic heterocycles. The molecule has 0 aliphatic rings. The first-order chi connectivity index (χ1) is 12.8. The van der Waals surface area contributed by atoms with Gasteiger partial charge in [0.1, 0.15) is 12.1 Å². The van der Waals surface area contributed by atoms with Crippen LogP contribution in [0.5, 0.6) is 0 Å². The van der Waals surface area contributed by atoms with Gasteiger partial charge in [-0.25, -0.2) is 4.79 Å². The van der Waals surface area contributed by atoms with Crippen LogP contribution in [0.25, 0.3) is 0 Å². The van der Waals surface area contributed by atoms with E-state index in [0.29, 0.717) is 0 Å².